The Morgan fingerprint density at radius 2 is 0.879 bits per heavy atom. The summed E-state index contributed by atoms with van der Waals surface area (Å²) in [5.41, 5.74) is 18.7. The molecule has 5 heterocycles. The number of carbonyl (C=O) groups excluding carboxylic acids is 2. The molecule has 0 saturated carbocycles. The van der Waals surface area contributed by atoms with Crippen LogP contribution in [-0.4, -0.2) is 51.7 Å². The molecule has 0 aliphatic carbocycles. The number of hydrogen-bond donors (Lipinski definition) is 2. The Hall–Kier alpha value is -7.78. The molecule has 0 amide bonds. The maximum Gasteiger partial charge on any atom is 0.320 e. The van der Waals surface area contributed by atoms with Crippen LogP contribution in [0, 0.1) is 26.7 Å². The SMILES string of the molecule is CCOC(=O)C(CCCOc1ccc(-c2c3nc(c(-c4ccccc4C)c4ccc([nH]4)c(-c4ccccc4C)c4nc(c(-c5ccccc5C)c5ccc2[nH]5)C=C4)C=C3)cc1)C(=O)OCC. The second kappa shape index (κ2) is 19.1. The van der Waals surface area contributed by atoms with Crippen LogP contribution >= 0.6 is 0 Å². The van der Waals surface area contributed by atoms with Crippen LogP contribution in [0.1, 0.15) is 66.2 Å². The van der Waals surface area contributed by atoms with Gasteiger partial charge in [0.2, 0.25) is 0 Å². The normalized spacial score (nSPS) is 11.8. The topological polar surface area (TPSA) is 119 Å². The summed E-state index contributed by atoms with van der Waals surface area (Å²) in [7, 11) is 0. The third-order valence-corrected chi connectivity index (χ3v) is 12.2. The highest BCUT2D eigenvalue weighted by atomic mass is 16.6. The smallest absolute Gasteiger partial charge is 0.320 e. The molecule has 0 unspecified atom stereocenters. The minimum atomic E-state index is -0.985. The van der Waals surface area contributed by atoms with Gasteiger partial charge in [-0.3, -0.25) is 9.59 Å². The standard InChI is InChI=1S/C57H52N4O5/c1-6-64-56(62)43(57(63)65-7-2)21-14-34-66-39-24-22-38(23-25-39)52-44-26-28-46(58-44)53(40-18-11-8-15-35(40)3)48-30-32-50(60-48)55(42-20-13-10-17-37(42)5)51-33-31-49(61-51)54(47-29-27-45(52)59-47)41-19-12-9-16-36(41)4/h8-13,15-20,22-33,43,58,61H,6-7,14,21,34H2,1-5H3. The molecule has 0 radical (unpaired) electrons. The van der Waals surface area contributed by atoms with Gasteiger partial charge in [-0.25, -0.2) is 9.97 Å². The number of aryl methyl sites for hydroxylation is 3. The average molecular weight is 873 g/mol. The molecule has 0 saturated heterocycles. The van der Waals surface area contributed by atoms with E-state index in [1.807, 2.05) is 24.3 Å². The molecule has 9 rings (SSSR count). The summed E-state index contributed by atoms with van der Waals surface area (Å²) in [5.74, 6) is -1.47. The first-order valence-corrected chi connectivity index (χ1v) is 22.6. The zero-order valence-corrected chi connectivity index (χ0v) is 37.9. The van der Waals surface area contributed by atoms with Gasteiger partial charge in [-0.05, 0) is 147 Å². The molecule has 0 atom stereocenters. The van der Waals surface area contributed by atoms with Crippen molar-refractivity contribution in [1.29, 1.82) is 0 Å². The van der Waals surface area contributed by atoms with Crippen LogP contribution in [0.5, 0.6) is 5.75 Å². The van der Waals surface area contributed by atoms with Gasteiger partial charge in [-0.15, -0.1) is 0 Å². The Morgan fingerprint density at radius 1 is 0.500 bits per heavy atom. The maximum absolute atomic E-state index is 12.5. The number of hydrogen-bond acceptors (Lipinski definition) is 7. The van der Waals surface area contributed by atoms with E-state index >= 15 is 0 Å². The largest absolute Gasteiger partial charge is 0.494 e. The van der Waals surface area contributed by atoms with Crippen molar-refractivity contribution in [3.8, 4) is 50.3 Å². The molecule has 8 bridgehead atoms. The number of carbonyl (C=O) groups is 2. The van der Waals surface area contributed by atoms with Crippen LogP contribution in [0.25, 0.3) is 90.9 Å². The predicted molar refractivity (Wildman–Crippen MR) is 266 cm³/mol. The Kier molecular flexibility index (Phi) is 12.6. The Morgan fingerprint density at radius 3 is 1.27 bits per heavy atom. The lowest BCUT2D eigenvalue weighted by atomic mass is 9.99. The molecule has 66 heavy (non-hydrogen) atoms. The monoisotopic (exact) mass is 872 g/mol. The van der Waals surface area contributed by atoms with Crippen molar-refractivity contribution in [1.82, 2.24) is 19.9 Å². The van der Waals surface area contributed by atoms with Crippen molar-refractivity contribution in [2.75, 3.05) is 19.8 Å². The number of fused-ring (bicyclic) bond motifs is 8. The molecule has 2 aliphatic rings. The number of aromatic amines is 2. The number of benzene rings is 4. The summed E-state index contributed by atoms with van der Waals surface area (Å²) in [6.07, 6.45) is 9.19. The molecule has 9 heteroatoms. The Bertz CT molecular complexity index is 3150. The van der Waals surface area contributed by atoms with Crippen molar-refractivity contribution in [3.63, 3.8) is 0 Å². The lowest BCUT2D eigenvalue weighted by Gasteiger charge is -2.14. The number of aromatic nitrogens is 4. The Labute approximate surface area is 384 Å². The summed E-state index contributed by atoms with van der Waals surface area (Å²) < 4.78 is 16.5. The van der Waals surface area contributed by atoms with Gasteiger partial charge in [0.1, 0.15) is 5.75 Å². The lowest BCUT2D eigenvalue weighted by Crippen LogP contribution is -2.28. The molecule has 0 fully saturated rings. The molecule has 3 aromatic heterocycles. The number of ether oxygens (including phenoxy) is 3. The van der Waals surface area contributed by atoms with E-state index < -0.39 is 17.9 Å². The zero-order valence-electron chi connectivity index (χ0n) is 37.9. The predicted octanol–water partition coefficient (Wildman–Crippen LogP) is 13.2. The molecule has 2 aliphatic heterocycles. The molecule has 2 N–H and O–H groups in total. The van der Waals surface area contributed by atoms with E-state index in [1.54, 1.807) is 13.8 Å². The van der Waals surface area contributed by atoms with E-state index in [2.05, 4.69) is 152 Å². The third kappa shape index (κ3) is 8.72. The minimum absolute atomic E-state index is 0.189. The van der Waals surface area contributed by atoms with Crippen molar-refractivity contribution < 1.29 is 23.8 Å². The van der Waals surface area contributed by atoms with Gasteiger partial charge >= 0.3 is 11.9 Å². The van der Waals surface area contributed by atoms with Crippen LogP contribution < -0.4 is 4.74 Å². The van der Waals surface area contributed by atoms with Crippen LogP contribution in [0.15, 0.2) is 121 Å². The zero-order chi connectivity index (χ0) is 45.7. The second-order valence-electron chi connectivity index (χ2n) is 16.5. The van der Waals surface area contributed by atoms with Crippen molar-refractivity contribution in [2.24, 2.45) is 5.92 Å². The van der Waals surface area contributed by atoms with E-state index in [4.69, 9.17) is 24.2 Å². The fourth-order valence-electron chi connectivity index (χ4n) is 8.93. The maximum atomic E-state index is 12.5. The quantitative estimate of drug-likeness (QED) is 0.0672. The second-order valence-corrected chi connectivity index (χ2v) is 16.5. The van der Waals surface area contributed by atoms with E-state index in [0.29, 0.717) is 18.8 Å². The summed E-state index contributed by atoms with van der Waals surface area (Å²) in [6, 6.07) is 41.9. The van der Waals surface area contributed by atoms with E-state index in [0.717, 1.165) is 106 Å². The van der Waals surface area contributed by atoms with Gasteiger partial charge < -0.3 is 24.2 Å². The van der Waals surface area contributed by atoms with E-state index in [9.17, 15) is 9.59 Å². The molecule has 4 aromatic carbocycles. The first-order chi connectivity index (χ1) is 32.2. The Balaban J connectivity index is 1.24. The minimum Gasteiger partial charge on any atom is -0.494 e. The number of nitrogens with zero attached hydrogens (tertiary/aromatic N) is 2. The van der Waals surface area contributed by atoms with Crippen LogP contribution in [0.3, 0.4) is 0 Å². The van der Waals surface area contributed by atoms with Gasteiger partial charge in [0, 0.05) is 44.3 Å². The highest BCUT2D eigenvalue weighted by molar-refractivity contribution is 6.00. The van der Waals surface area contributed by atoms with Crippen molar-refractivity contribution >= 4 is 58.3 Å². The molecule has 330 valence electrons. The number of H-pyrrole nitrogens is 2. The first kappa shape index (κ1) is 43.5. The van der Waals surface area contributed by atoms with Gasteiger partial charge in [0.15, 0.2) is 5.92 Å². The van der Waals surface area contributed by atoms with Crippen LogP contribution in [0.2, 0.25) is 0 Å². The van der Waals surface area contributed by atoms with Gasteiger partial charge in [0.05, 0.1) is 42.6 Å². The fraction of sp³-hybridized carbons (Fsp3) is 0.193. The molecular weight excluding hydrogens is 821 g/mol. The van der Waals surface area contributed by atoms with Crippen LogP contribution in [0.4, 0.5) is 0 Å². The first-order valence-electron chi connectivity index (χ1n) is 22.6. The summed E-state index contributed by atoms with van der Waals surface area (Å²) in [5, 5.41) is 0. The van der Waals surface area contributed by atoms with Gasteiger partial charge in [-0.1, -0.05) is 84.9 Å². The van der Waals surface area contributed by atoms with E-state index in [1.165, 1.54) is 0 Å². The summed E-state index contributed by atoms with van der Waals surface area (Å²) in [4.78, 5) is 43.7. The van der Waals surface area contributed by atoms with Gasteiger partial charge in [0.25, 0.3) is 0 Å². The highest BCUT2D eigenvalue weighted by Gasteiger charge is 2.29. The average Bonchev–Trinajstić information content (AvgIpc) is 4.17. The lowest BCUT2D eigenvalue weighted by molar-refractivity contribution is -0.162. The van der Waals surface area contributed by atoms with Gasteiger partial charge in [-0.2, -0.15) is 0 Å². The summed E-state index contributed by atoms with van der Waals surface area (Å²) in [6.45, 7) is 10.5. The van der Waals surface area contributed by atoms with E-state index in [-0.39, 0.29) is 19.6 Å². The number of esters is 2. The van der Waals surface area contributed by atoms with Crippen LogP contribution in [-0.2, 0) is 19.1 Å². The summed E-state index contributed by atoms with van der Waals surface area (Å²) >= 11 is 0. The third-order valence-electron chi connectivity index (χ3n) is 12.2. The fourth-order valence-corrected chi connectivity index (χ4v) is 8.93. The number of nitrogens with one attached hydrogen (secondary N) is 2. The molecular formula is C57H52N4O5. The van der Waals surface area contributed by atoms with Crippen molar-refractivity contribution in [3.05, 3.63) is 161 Å². The molecule has 7 aromatic rings. The molecule has 9 nitrogen and oxygen atoms in total. The van der Waals surface area contributed by atoms with Crippen molar-refractivity contribution in [2.45, 2.75) is 47.5 Å². The molecule has 0 spiro atoms. The number of rotatable bonds is 13. The highest BCUT2D eigenvalue weighted by Crippen LogP contribution is 2.40.